The Kier molecular flexibility index (Phi) is 4.79. The zero-order valence-electron chi connectivity index (χ0n) is 13.1. The second kappa shape index (κ2) is 6.40. The Morgan fingerprint density at radius 2 is 1.71 bits per heavy atom. The molecule has 1 unspecified atom stereocenters. The summed E-state index contributed by atoms with van der Waals surface area (Å²) in [7, 11) is 0. The van der Waals surface area contributed by atoms with E-state index in [1.165, 1.54) is 17.2 Å². The minimum Gasteiger partial charge on any atom is -0.330 e. The molecule has 112 valence electrons. The van der Waals surface area contributed by atoms with Gasteiger partial charge in [-0.2, -0.15) is 0 Å². The van der Waals surface area contributed by atoms with E-state index < -0.39 is 0 Å². The van der Waals surface area contributed by atoms with Crippen LogP contribution in [0.5, 0.6) is 0 Å². The van der Waals surface area contributed by atoms with Crippen LogP contribution in [-0.2, 0) is 11.8 Å². The van der Waals surface area contributed by atoms with Gasteiger partial charge in [-0.1, -0.05) is 57.2 Å². The van der Waals surface area contributed by atoms with E-state index in [2.05, 4.69) is 45.0 Å². The summed E-state index contributed by atoms with van der Waals surface area (Å²) in [6, 6.07) is 15.4. The Balaban J connectivity index is 2.18. The SMILES string of the molecule is CC(C)(C)c1ccc(C(CN)Cc2cccc(F)c2)cc1. The second-order valence-corrected chi connectivity index (χ2v) is 6.64. The van der Waals surface area contributed by atoms with Gasteiger partial charge in [-0.05, 0) is 47.2 Å². The van der Waals surface area contributed by atoms with Crippen LogP contribution in [0.25, 0.3) is 0 Å². The molecule has 0 heterocycles. The molecular weight excluding hydrogens is 261 g/mol. The average molecular weight is 285 g/mol. The normalized spacial score (nSPS) is 13.2. The maximum atomic E-state index is 13.3. The molecule has 1 nitrogen and oxygen atoms in total. The fraction of sp³-hybridized carbons (Fsp3) is 0.368. The molecule has 21 heavy (non-hydrogen) atoms. The first-order valence-corrected chi connectivity index (χ1v) is 7.45. The van der Waals surface area contributed by atoms with E-state index >= 15 is 0 Å². The first-order chi connectivity index (χ1) is 9.90. The third kappa shape index (κ3) is 4.15. The highest BCUT2D eigenvalue weighted by molar-refractivity contribution is 5.31. The molecule has 0 radical (unpaired) electrons. The van der Waals surface area contributed by atoms with Crippen LogP contribution in [0.3, 0.4) is 0 Å². The second-order valence-electron chi connectivity index (χ2n) is 6.64. The molecule has 2 aromatic rings. The maximum absolute atomic E-state index is 13.3. The van der Waals surface area contributed by atoms with Crippen LogP contribution in [0, 0.1) is 5.82 Å². The van der Waals surface area contributed by atoms with Crippen LogP contribution in [0.1, 0.15) is 43.4 Å². The van der Waals surface area contributed by atoms with E-state index in [-0.39, 0.29) is 17.2 Å². The van der Waals surface area contributed by atoms with Gasteiger partial charge < -0.3 is 5.73 Å². The van der Waals surface area contributed by atoms with Crippen molar-refractivity contribution >= 4 is 0 Å². The third-order valence-electron chi connectivity index (χ3n) is 3.90. The highest BCUT2D eigenvalue weighted by atomic mass is 19.1. The molecule has 0 aliphatic heterocycles. The molecule has 2 N–H and O–H groups in total. The molecule has 0 spiro atoms. The Morgan fingerprint density at radius 1 is 1.05 bits per heavy atom. The average Bonchev–Trinajstić information content (AvgIpc) is 2.44. The number of benzene rings is 2. The molecule has 1 atom stereocenters. The molecule has 0 aliphatic carbocycles. The van der Waals surface area contributed by atoms with E-state index in [1.54, 1.807) is 12.1 Å². The van der Waals surface area contributed by atoms with Crippen molar-refractivity contribution in [3.05, 3.63) is 71.0 Å². The van der Waals surface area contributed by atoms with Crippen molar-refractivity contribution in [2.75, 3.05) is 6.54 Å². The number of nitrogens with two attached hydrogens (primary N) is 1. The maximum Gasteiger partial charge on any atom is 0.123 e. The molecule has 0 fully saturated rings. The van der Waals surface area contributed by atoms with Gasteiger partial charge >= 0.3 is 0 Å². The van der Waals surface area contributed by atoms with Gasteiger partial charge in [0, 0.05) is 5.92 Å². The topological polar surface area (TPSA) is 26.0 Å². The molecule has 0 aromatic heterocycles. The summed E-state index contributed by atoms with van der Waals surface area (Å²) >= 11 is 0. The predicted molar refractivity (Wildman–Crippen MR) is 87.0 cm³/mol. The number of halogens is 1. The Bertz CT molecular complexity index is 581. The van der Waals surface area contributed by atoms with Gasteiger partial charge in [0.25, 0.3) is 0 Å². The van der Waals surface area contributed by atoms with E-state index in [1.807, 2.05) is 6.07 Å². The highest BCUT2D eigenvalue weighted by Crippen LogP contribution is 2.26. The van der Waals surface area contributed by atoms with Crippen LogP contribution < -0.4 is 5.73 Å². The van der Waals surface area contributed by atoms with Gasteiger partial charge in [-0.25, -0.2) is 4.39 Å². The molecule has 2 heteroatoms. The van der Waals surface area contributed by atoms with Crippen molar-refractivity contribution in [2.45, 2.75) is 38.5 Å². The number of hydrogen-bond acceptors (Lipinski definition) is 1. The Morgan fingerprint density at radius 3 is 2.24 bits per heavy atom. The van der Waals surface area contributed by atoms with Crippen molar-refractivity contribution in [3.63, 3.8) is 0 Å². The molecule has 2 rings (SSSR count). The first kappa shape index (κ1) is 15.7. The van der Waals surface area contributed by atoms with Crippen molar-refractivity contribution in [1.29, 1.82) is 0 Å². The summed E-state index contributed by atoms with van der Waals surface area (Å²) < 4.78 is 13.3. The van der Waals surface area contributed by atoms with E-state index in [0.29, 0.717) is 6.54 Å². The zero-order chi connectivity index (χ0) is 15.5. The lowest BCUT2D eigenvalue weighted by atomic mass is 9.84. The summed E-state index contributed by atoms with van der Waals surface area (Å²) in [5, 5.41) is 0. The van der Waals surface area contributed by atoms with Crippen molar-refractivity contribution in [1.82, 2.24) is 0 Å². The first-order valence-electron chi connectivity index (χ1n) is 7.45. The predicted octanol–water partition coefficient (Wildman–Crippen LogP) is 4.41. The summed E-state index contributed by atoms with van der Waals surface area (Å²) in [5.74, 6) is 0.0344. The van der Waals surface area contributed by atoms with Crippen LogP contribution in [0.15, 0.2) is 48.5 Å². The monoisotopic (exact) mass is 285 g/mol. The fourth-order valence-corrected chi connectivity index (χ4v) is 2.54. The fourth-order valence-electron chi connectivity index (χ4n) is 2.54. The molecular formula is C19H24FN. The van der Waals surface area contributed by atoms with Crippen molar-refractivity contribution < 1.29 is 4.39 Å². The Hall–Kier alpha value is -1.67. The van der Waals surface area contributed by atoms with Crippen molar-refractivity contribution in [2.24, 2.45) is 5.73 Å². The highest BCUT2D eigenvalue weighted by Gasteiger charge is 2.15. The van der Waals surface area contributed by atoms with E-state index in [0.717, 1.165) is 12.0 Å². The minimum atomic E-state index is -0.189. The van der Waals surface area contributed by atoms with Gasteiger partial charge in [0.05, 0.1) is 0 Å². The number of hydrogen-bond donors (Lipinski definition) is 1. The van der Waals surface area contributed by atoms with Gasteiger partial charge in [-0.15, -0.1) is 0 Å². The van der Waals surface area contributed by atoms with Crippen LogP contribution in [-0.4, -0.2) is 6.54 Å². The summed E-state index contributed by atoms with van der Waals surface area (Å²) in [6.07, 6.45) is 0.767. The summed E-state index contributed by atoms with van der Waals surface area (Å²) in [5.41, 5.74) is 9.59. The standard InChI is InChI=1S/C19H24FN/c1-19(2,3)17-9-7-15(8-10-17)16(13-21)11-14-5-4-6-18(20)12-14/h4-10,12,16H,11,13,21H2,1-3H3. The van der Waals surface area contributed by atoms with E-state index in [9.17, 15) is 4.39 Å². The third-order valence-corrected chi connectivity index (χ3v) is 3.90. The van der Waals surface area contributed by atoms with E-state index in [4.69, 9.17) is 5.73 Å². The van der Waals surface area contributed by atoms with Gasteiger partial charge in [-0.3, -0.25) is 0 Å². The minimum absolute atomic E-state index is 0.152. The molecule has 0 bridgehead atoms. The van der Waals surface area contributed by atoms with Gasteiger partial charge in [0.15, 0.2) is 0 Å². The lowest BCUT2D eigenvalue weighted by Gasteiger charge is -2.21. The smallest absolute Gasteiger partial charge is 0.123 e. The Labute approximate surface area is 127 Å². The van der Waals surface area contributed by atoms with Crippen LogP contribution >= 0.6 is 0 Å². The van der Waals surface area contributed by atoms with Crippen LogP contribution in [0.4, 0.5) is 4.39 Å². The quantitative estimate of drug-likeness (QED) is 0.885. The molecule has 0 saturated heterocycles. The lowest BCUT2D eigenvalue weighted by Crippen LogP contribution is -2.16. The molecule has 0 amide bonds. The van der Waals surface area contributed by atoms with Crippen LogP contribution in [0.2, 0.25) is 0 Å². The molecule has 0 saturated carbocycles. The summed E-state index contributed by atoms with van der Waals surface area (Å²) in [6.45, 7) is 7.17. The molecule has 0 aliphatic rings. The largest absolute Gasteiger partial charge is 0.330 e. The van der Waals surface area contributed by atoms with Gasteiger partial charge in [0.1, 0.15) is 5.82 Å². The van der Waals surface area contributed by atoms with Crippen molar-refractivity contribution in [3.8, 4) is 0 Å². The zero-order valence-corrected chi connectivity index (χ0v) is 13.1. The lowest BCUT2D eigenvalue weighted by molar-refractivity contribution is 0.589. The van der Waals surface area contributed by atoms with Gasteiger partial charge in [0.2, 0.25) is 0 Å². The summed E-state index contributed by atoms with van der Waals surface area (Å²) in [4.78, 5) is 0. The number of rotatable bonds is 4. The molecule has 2 aromatic carbocycles.